The van der Waals surface area contributed by atoms with Crippen molar-refractivity contribution in [1.29, 1.82) is 0 Å². The van der Waals surface area contributed by atoms with Gasteiger partial charge < -0.3 is 14.8 Å². The molecule has 0 aliphatic rings. The van der Waals surface area contributed by atoms with Crippen molar-refractivity contribution in [3.63, 3.8) is 0 Å². The Hall–Kier alpha value is -2.66. The van der Waals surface area contributed by atoms with E-state index in [-0.39, 0.29) is 23.7 Å². The second-order valence-corrected chi connectivity index (χ2v) is 8.83. The molecule has 0 saturated carbocycles. The number of aryl methyl sites for hydroxylation is 1. The molecule has 1 N–H and O–H groups in total. The summed E-state index contributed by atoms with van der Waals surface area (Å²) in [6.07, 6.45) is 4.51. The summed E-state index contributed by atoms with van der Waals surface area (Å²) in [4.78, 5) is 15.5. The number of halogens is 1. The number of fused-ring (bicyclic) bond motifs is 1. The molecule has 1 heterocycles. The lowest BCUT2D eigenvalue weighted by Crippen LogP contribution is -2.34. The smallest absolute Gasteiger partial charge is 0.221 e. The van der Waals surface area contributed by atoms with Crippen LogP contribution in [0.1, 0.15) is 64.0 Å². The van der Waals surface area contributed by atoms with E-state index in [4.69, 9.17) is 0 Å². The molecule has 3 aromatic rings. The zero-order chi connectivity index (χ0) is 23.8. The molecule has 1 aromatic heterocycles. The minimum absolute atomic E-state index is 0.0352. The molecule has 0 saturated heterocycles. The Morgan fingerprint density at radius 1 is 1.06 bits per heavy atom. The summed E-state index contributed by atoms with van der Waals surface area (Å²) in [6.45, 7) is 12.6. The number of rotatable bonds is 12. The van der Waals surface area contributed by atoms with Gasteiger partial charge in [0, 0.05) is 42.0 Å². The van der Waals surface area contributed by atoms with Crippen molar-refractivity contribution in [2.45, 2.75) is 65.5 Å². The predicted molar refractivity (Wildman–Crippen MR) is 135 cm³/mol. The summed E-state index contributed by atoms with van der Waals surface area (Å²) in [7, 11) is 0. The summed E-state index contributed by atoms with van der Waals surface area (Å²) in [5, 5.41) is 4.35. The second kappa shape index (κ2) is 12.0. The summed E-state index contributed by atoms with van der Waals surface area (Å²) in [6, 6.07) is 15.0. The van der Waals surface area contributed by atoms with Crippen molar-refractivity contribution in [1.82, 2.24) is 14.8 Å². The van der Waals surface area contributed by atoms with Gasteiger partial charge in [-0.05, 0) is 75.6 Å². The zero-order valence-corrected chi connectivity index (χ0v) is 20.5. The minimum atomic E-state index is -0.264. The topological polar surface area (TPSA) is 37.3 Å². The van der Waals surface area contributed by atoms with Gasteiger partial charge in [0.05, 0.1) is 0 Å². The Morgan fingerprint density at radius 2 is 1.76 bits per heavy atom. The molecule has 0 spiro atoms. The number of para-hydroxylation sites is 1. The third-order valence-corrected chi connectivity index (χ3v) is 6.61. The Balaban J connectivity index is 1.78. The lowest BCUT2D eigenvalue weighted by Gasteiger charge is -2.21. The number of carbonyl (C=O) groups excluding carboxylic acids is 1. The van der Waals surface area contributed by atoms with Crippen LogP contribution >= 0.6 is 0 Å². The first kappa shape index (κ1) is 25.0. The van der Waals surface area contributed by atoms with Crippen molar-refractivity contribution in [3.8, 4) is 0 Å². The van der Waals surface area contributed by atoms with Gasteiger partial charge in [-0.25, -0.2) is 4.39 Å². The van der Waals surface area contributed by atoms with E-state index in [0.717, 1.165) is 61.1 Å². The highest BCUT2D eigenvalue weighted by Gasteiger charge is 2.23. The molecule has 0 fully saturated rings. The van der Waals surface area contributed by atoms with Crippen LogP contribution in [0.5, 0.6) is 0 Å². The fourth-order valence-corrected chi connectivity index (χ4v) is 4.67. The van der Waals surface area contributed by atoms with Crippen molar-refractivity contribution in [3.05, 3.63) is 71.7 Å². The van der Waals surface area contributed by atoms with Crippen LogP contribution < -0.4 is 5.32 Å². The molecule has 3 rings (SSSR count). The molecular formula is C28H38FN3O. The average Bonchev–Trinajstić information content (AvgIpc) is 3.19. The Labute approximate surface area is 197 Å². The number of nitrogens with zero attached hydrogens (tertiary/aromatic N) is 2. The van der Waals surface area contributed by atoms with Gasteiger partial charge in [0.1, 0.15) is 5.82 Å². The molecule has 178 valence electrons. The zero-order valence-electron chi connectivity index (χ0n) is 20.5. The Morgan fingerprint density at radius 3 is 2.42 bits per heavy atom. The number of hydrogen-bond donors (Lipinski definition) is 1. The number of hydrogen-bond acceptors (Lipinski definition) is 2. The van der Waals surface area contributed by atoms with Crippen LogP contribution in [0.15, 0.2) is 54.7 Å². The van der Waals surface area contributed by atoms with Crippen molar-refractivity contribution < 1.29 is 9.18 Å². The second-order valence-electron chi connectivity index (χ2n) is 8.83. The highest BCUT2D eigenvalue weighted by Crippen LogP contribution is 2.35. The molecule has 0 radical (unpaired) electrons. The van der Waals surface area contributed by atoms with E-state index < -0.39 is 0 Å². The number of nitrogens with one attached hydrogen (secondary N) is 1. The fourth-order valence-electron chi connectivity index (χ4n) is 4.67. The lowest BCUT2D eigenvalue weighted by atomic mass is 9.88. The van der Waals surface area contributed by atoms with Crippen molar-refractivity contribution >= 4 is 16.8 Å². The molecule has 2 atom stereocenters. The number of aromatic nitrogens is 1. The van der Waals surface area contributed by atoms with Crippen LogP contribution in [0.25, 0.3) is 10.9 Å². The largest absolute Gasteiger partial charge is 0.354 e. The molecule has 1 amide bonds. The maximum absolute atomic E-state index is 13.6. The number of benzene rings is 2. The first-order chi connectivity index (χ1) is 16.0. The number of amides is 1. The SMILES string of the molecule is CCN(CC)CCCC(C)NC(=O)CC(c1ccc(F)cc1)c1cn(CC)c2ccccc12. The molecule has 5 heteroatoms. The van der Waals surface area contributed by atoms with Gasteiger partial charge in [0.15, 0.2) is 0 Å². The molecule has 4 nitrogen and oxygen atoms in total. The predicted octanol–water partition coefficient (Wildman–Crippen LogP) is 5.95. The van der Waals surface area contributed by atoms with Gasteiger partial charge in [-0.2, -0.15) is 0 Å². The molecule has 2 unspecified atom stereocenters. The standard InChI is InChI=1S/C28H38FN3O/c1-5-31(6-2)18-10-11-21(4)30-28(33)19-25(22-14-16-23(29)17-15-22)26-20-32(7-3)27-13-9-8-12-24(26)27/h8-9,12-17,20-21,25H,5-7,10-11,18-19H2,1-4H3,(H,30,33). The van der Waals surface area contributed by atoms with Gasteiger partial charge in [-0.15, -0.1) is 0 Å². The first-order valence-corrected chi connectivity index (χ1v) is 12.3. The van der Waals surface area contributed by atoms with E-state index in [1.54, 1.807) is 12.1 Å². The Kier molecular flexibility index (Phi) is 9.07. The summed E-state index contributed by atoms with van der Waals surface area (Å²) in [5.41, 5.74) is 3.23. The summed E-state index contributed by atoms with van der Waals surface area (Å²) in [5.74, 6) is -0.362. The third kappa shape index (κ3) is 6.44. The van der Waals surface area contributed by atoms with Gasteiger partial charge in [-0.1, -0.05) is 44.2 Å². The highest BCUT2D eigenvalue weighted by molar-refractivity contribution is 5.86. The molecule has 33 heavy (non-hydrogen) atoms. The third-order valence-electron chi connectivity index (χ3n) is 6.61. The van der Waals surface area contributed by atoms with E-state index in [0.29, 0.717) is 6.42 Å². The maximum Gasteiger partial charge on any atom is 0.221 e. The van der Waals surface area contributed by atoms with E-state index in [2.05, 4.69) is 60.8 Å². The van der Waals surface area contributed by atoms with Crippen LogP contribution in [0.2, 0.25) is 0 Å². The van der Waals surface area contributed by atoms with E-state index in [1.165, 1.54) is 12.1 Å². The quantitative estimate of drug-likeness (QED) is 0.369. The molecule has 0 aliphatic heterocycles. The van der Waals surface area contributed by atoms with Crippen LogP contribution in [0, 0.1) is 5.82 Å². The Bertz CT molecular complexity index is 1020. The fraction of sp³-hybridized carbons (Fsp3) is 0.464. The summed E-state index contributed by atoms with van der Waals surface area (Å²) >= 11 is 0. The van der Waals surface area contributed by atoms with Crippen LogP contribution in [0.4, 0.5) is 4.39 Å². The van der Waals surface area contributed by atoms with E-state index >= 15 is 0 Å². The highest BCUT2D eigenvalue weighted by atomic mass is 19.1. The monoisotopic (exact) mass is 451 g/mol. The van der Waals surface area contributed by atoms with Gasteiger partial charge >= 0.3 is 0 Å². The summed E-state index contributed by atoms with van der Waals surface area (Å²) < 4.78 is 15.9. The molecule has 0 bridgehead atoms. The van der Waals surface area contributed by atoms with E-state index in [1.807, 2.05) is 12.1 Å². The van der Waals surface area contributed by atoms with Gasteiger partial charge in [0.2, 0.25) is 5.91 Å². The van der Waals surface area contributed by atoms with Gasteiger partial charge in [-0.3, -0.25) is 4.79 Å². The van der Waals surface area contributed by atoms with Crippen molar-refractivity contribution in [2.75, 3.05) is 19.6 Å². The average molecular weight is 452 g/mol. The molecule has 2 aromatic carbocycles. The van der Waals surface area contributed by atoms with Gasteiger partial charge in [0.25, 0.3) is 0 Å². The lowest BCUT2D eigenvalue weighted by molar-refractivity contribution is -0.121. The molecular weight excluding hydrogens is 413 g/mol. The van der Waals surface area contributed by atoms with Crippen molar-refractivity contribution in [2.24, 2.45) is 0 Å². The maximum atomic E-state index is 13.6. The normalized spacial score (nSPS) is 13.4. The minimum Gasteiger partial charge on any atom is -0.354 e. The van der Waals surface area contributed by atoms with E-state index in [9.17, 15) is 9.18 Å². The number of carbonyl (C=O) groups is 1. The first-order valence-electron chi connectivity index (χ1n) is 12.3. The van der Waals surface area contributed by atoms with Crippen LogP contribution in [-0.4, -0.2) is 41.1 Å². The van der Waals surface area contributed by atoms with Crippen LogP contribution in [-0.2, 0) is 11.3 Å². The molecule has 0 aliphatic carbocycles. The van der Waals surface area contributed by atoms with Crippen LogP contribution in [0.3, 0.4) is 0 Å².